The van der Waals surface area contributed by atoms with Crippen molar-refractivity contribution in [1.29, 1.82) is 0 Å². The van der Waals surface area contributed by atoms with Crippen molar-refractivity contribution in [2.24, 2.45) is 0 Å². The van der Waals surface area contributed by atoms with Crippen molar-refractivity contribution in [3.8, 4) is 0 Å². The zero-order valence-corrected chi connectivity index (χ0v) is 9.12. The maximum atomic E-state index is 2.31. The van der Waals surface area contributed by atoms with Crippen LogP contribution in [-0.4, -0.2) is 6.26 Å². The Morgan fingerprint density at radius 2 is 1.00 bits per heavy atom. The van der Waals surface area contributed by atoms with Gasteiger partial charge in [0.1, 0.15) is 0 Å². The fourth-order valence-corrected chi connectivity index (χ4v) is 2.99. The summed E-state index contributed by atoms with van der Waals surface area (Å²) in [6.07, 6.45) is 2.31. The highest BCUT2D eigenvalue weighted by atomic mass is 32.2. The Balaban J connectivity index is 2.30. The number of hydrogen-bond donors (Lipinski definition) is 1. The van der Waals surface area contributed by atoms with Crippen LogP contribution < -0.4 is 0 Å². The van der Waals surface area contributed by atoms with Gasteiger partial charge in [-0.25, -0.2) is 10.9 Å². The summed E-state index contributed by atoms with van der Waals surface area (Å²) in [4.78, 5) is 2.88. The van der Waals surface area contributed by atoms with E-state index in [4.69, 9.17) is 0 Å². The fraction of sp³-hybridized carbons (Fsp3) is 0.0769. The lowest BCUT2D eigenvalue weighted by Gasteiger charge is -2.16. The molecule has 14 heavy (non-hydrogen) atoms. The van der Waals surface area contributed by atoms with Crippen molar-refractivity contribution < 1.29 is 0 Å². The van der Waals surface area contributed by atoms with E-state index in [-0.39, 0.29) is 10.9 Å². The highest BCUT2D eigenvalue weighted by Gasteiger charge is 2.01. The van der Waals surface area contributed by atoms with Gasteiger partial charge in [-0.1, -0.05) is 60.7 Å². The van der Waals surface area contributed by atoms with Crippen LogP contribution >= 0.6 is 10.9 Å². The molecule has 0 fully saturated rings. The summed E-state index contributed by atoms with van der Waals surface area (Å²) in [7, 11) is -0.171. The van der Waals surface area contributed by atoms with Crippen LogP contribution in [0.1, 0.15) is 0 Å². The summed E-state index contributed by atoms with van der Waals surface area (Å²) in [5.41, 5.74) is 0. The average Bonchev–Trinajstić information content (AvgIpc) is 2.30. The molecule has 0 heterocycles. The molecule has 0 amide bonds. The van der Waals surface area contributed by atoms with Crippen molar-refractivity contribution in [3.63, 3.8) is 0 Å². The van der Waals surface area contributed by atoms with Gasteiger partial charge in [0.15, 0.2) is 0 Å². The number of thiol groups is 1. The molecule has 2 aromatic rings. The molecule has 0 saturated heterocycles. The Morgan fingerprint density at radius 1 is 0.643 bits per heavy atom. The molecule has 0 aliphatic heterocycles. The first kappa shape index (κ1) is 9.35. The van der Waals surface area contributed by atoms with Crippen LogP contribution in [0, 0.1) is 0 Å². The predicted octanol–water partition coefficient (Wildman–Crippen LogP) is 3.74. The van der Waals surface area contributed by atoms with Crippen molar-refractivity contribution in [1.82, 2.24) is 0 Å². The lowest BCUT2D eigenvalue weighted by atomic mass is 10.4. The molecule has 0 aromatic heterocycles. The number of benzene rings is 2. The number of hydrogen-bond acceptors (Lipinski definition) is 0. The van der Waals surface area contributed by atoms with Crippen LogP contribution in [0.25, 0.3) is 0 Å². The minimum atomic E-state index is -0.171. The van der Waals surface area contributed by atoms with Gasteiger partial charge in [-0.15, -0.1) is 0 Å². The minimum absolute atomic E-state index is 0.171. The van der Waals surface area contributed by atoms with Gasteiger partial charge >= 0.3 is 0 Å². The monoisotopic (exact) mass is 202 g/mol. The third kappa shape index (κ3) is 1.99. The van der Waals surface area contributed by atoms with Crippen LogP contribution in [0.5, 0.6) is 0 Å². The lowest BCUT2D eigenvalue weighted by Crippen LogP contribution is -1.81. The van der Waals surface area contributed by atoms with E-state index in [9.17, 15) is 0 Å². The van der Waals surface area contributed by atoms with Crippen molar-refractivity contribution in [2.75, 3.05) is 6.26 Å². The van der Waals surface area contributed by atoms with Crippen LogP contribution in [-0.2, 0) is 0 Å². The molecule has 0 spiro atoms. The van der Waals surface area contributed by atoms with Crippen LogP contribution in [0.15, 0.2) is 70.5 Å². The maximum Gasteiger partial charge on any atom is -0.00879 e. The molecule has 2 aromatic carbocycles. The Labute approximate surface area is 87.9 Å². The third-order valence-electron chi connectivity index (χ3n) is 2.29. The summed E-state index contributed by atoms with van der Waals surface area (Å²) in [5.74, 6) is 0. The van der Waals surface area contributed by atoms with Gasteiger partial charge in [0, 0.05) is 0 Å². The molecule has 0 N–H and O–H groups in total. The Bertz CT molecular complexity index is 341. The highest BCUT2D eigenvalue weighted by molar-refractivity contribution is 8.16. The van der Waals surface area contributed by atoms with E-state index < -0.39 is 0 Å². The molecule has 0 bridgehead atoms. The summed E-state index contributed by atoms with van der Waals surface area (Å²) in [5, 5.41) is 0. The van der Waals surface area contributed by atoms with Gasteiger partial charge in [-0.05, 0) is 16.0 Å². The van der Waals surface area contributed by atoms with Crippen molar-refractivity contribution in [2.45, 2.75) is 9.79 Å². The van der Waals surface area contributed by atoms with E-state index in [0.29, 0.717) is 0 Å². The van der Waals surface area contributed by atoms with Gasteiger partial charge in [0.25, 0.3) is 0 Å². The zero-order valence-electron chi connectivity index (χ0n) is 8.22. The van der Waals surface area contributed by atoms with Crippen LogP contribution in [0.4, 0.5) is 0 Å². The quantitative estimate of drug-likeness (QED) is 0.705. The first-order chi connectivity index (χ1) is 6.88. The van der Waals surface area contributed by atoms with Crippen molar-refractivity contribution >= 4 is 10.9 Å². The Hall–Kier alpha value is -1.21. The zero-order chi connectivity index (χ0) is 9.80. The summed E-state index contributed by atoms with van der Waals surface area (Å²) in [6, 6.07) is 21.4. The molecule has 0 unspecified atom stereocenters. The minimum Gasteiger partial charge on any atom is -0.203 e. The third-order valence-corrected chi connectivity index (χ3v) is 4.43. The van der Waals surface area contributed by atoms with E-state index in [1.807, 2.05) is 0 Å². The SMILES string of the molecule is C[SH](c1ccccc1)c1ccccc1. The van der Waals surface area contributed by atoms with Crippen LogP contribution in [0.3, 0.4) is 0 Å². The smallest absolute Gasteiger partial charge is 0.00879 e. The Morgan fingerprint density at radius 3 is 1.36 bits per heavy atom. The standard InChI is InChI=1S/C13H14S/c1-14(12-8-4-2-5-9-12)13-10-6-3-7-11-13/h2-11,14H,1H3. The first-order valence-corrected chi connectivity index (χ1v) is 6.50. The molecular weight excluding hydrogens is 188 g/mol. The molecule has 0 aliphatic carbocycles. The van der Waals surface area contributed by atoms with E-state index in [1.165, 1.54) is 9.79 Å². The highest BCUT2D eigenvalue weighted by Crippen LogP contribution is 2.40. The van der Waals surface area contributed by atoms with Gasteiger partial charge < -0.3 is 0 Å². The average molecular weight is 202 g/mol. The predicted molar refractivity (Wildman–Crippen MR) is 64.3 cm³/mol. The topological polar surface area (TPSA) is 0 Å². The van der Waals surface area contributed by atoms with E-state index in [2.05, 4.69) is 66.9 Å². The maximum absolute atomic E-state index is 2.31. The largest absolute Gasteiger partial charge is 0.203 e. The molecule has 0 saturated carbocycles. The van der Waals surface area contributed by atoms with Crippen LogP contribution in [0.2, 0.25) is 0 Å². The summed E-state index contributed by atoms with van der Waals surface area (Å²) in [6.45, 7) is 0. The normalized spacial score (nSPS) is 11.1. The molecule has 72 valence electrons. The van der Waals surface area contributed by atoms with Gasteiger partial charge in [0.2, 0.25) is 0 Å². The second kappa shape index (κ2) is 4.34. The van der Waals surface area contributed by atoms with E-state index >= 15 is 0 Å². The van der Waals surface area contributed by atoms with Gasteiger partial charge in [0.05, 0.1) is 0 Å². The molecule has 0 aliphatic rings. The van der Waals surface area contributed by atoms with Crippen molar-refractivity contribution in [3.05, 3.63) is 60.7 Å². The van der Waals surface area contributed by atoms with E-state index in [0.717, 1.165) is 0 Å². The lowest BCUT2D eigenvalue weighted by molar-refractivity contribution is 1.39. The Kier molecular flexibility index (Phi) is 2.90. The molecule has 1 heteroatoms. The molecular formula is C13H14S. The second-order valence-electron chi connectivity index (χ2n) is 3.23. The fourth-order valence-electron chi connectivity index (χ4n) is 1.45. The molecule has 2 rings (SSSR count). The van der Waals surface area contributed by atoms with Gasteiger partial charge in [-0.2, -0.15) is 0 Å². The summed E-state index contributed by atoms with van der Waals surface area (Å²) >= 11 is 0. The van der Waals surface area contributed by atoms with E-state index in [1.54, 1.807) is 0 Å². The molecule has 0 nitrogen and oxygen atoms in total. The molecule has 0 atom stereocenters. The molecule has 0 radical (unpaired) electrons. The first-order valence-electron chi connectivity index (χ1n) is 4.72. The summed E-state index contributed by atoms with van der Waals surface area (Å²) < 4.78 is 0. The number of rotatable bonds is 2. The van der Waals surface area contributed by atoms with Gasteiger partial charge in [-0.3, -0.25) is 0 Å². The second-order valence-corrected chi connectivity index (χ2v) is 5.38.